The number of rotatable bonds is 3. The van der Waals surface area contributed by atoms with Gasteiger partial charge in [-0.3, -0.25) is 9.59 Å². The summed E-state index contributed by atoms with van der Waals surface area (Å²) < 4.78 is 45.3. The number of likely N-dealkylation sites (tertiary alicyclic amines) is 1. The lowest BCUT2D eigenvalue weighted by Gasteiger charge is -2.42. The van der Waals surface area contributed by atoms with Crippen LogP contribution in [0.5, 0.6) is 0 Å². The molecular formula is C23H23F3N4O3. The van der Waals surface area contributed by atoms with Crippen LogP contribution in [-0.4, -0.2) is 42.9 Å². The second-order valence-electron chi connectivity index (χ2n) is 8.72. The number of nitrogens with two attached hydrogens (primary N) is 1. The molecule has 0 aliphatic carbocycles. The Hall–Kier alpha value is -3.48. The molecule has 7 nitrogen and oxygen atoms in total. The summed E-state index contributed by atoms with van der Waals surface area (Å²) in [6.45, 7) is 3.04. The molecule has 10 heteroatoms. The normalized spacial score (nSPS) is 20.2. The minimum atomic E-state index is -4.63. The molecule has 1 atom stereocenters. The summed E-state index contributed by atoms with van der Waals surface area (Å²) in [7, 11) is 0. The van der Waals surface area contributed by atoms with Crippen molar-refractivity contribution in [2.24, 2.45) is 17.1 Å². The van der Waals surface area contributed by atoms with Gasteiger partial charge in [-0.15, -0.1) is 0 Å². The maximum atomic E-state index is 13.4. The Morgan fingerprint density at radius 3 is 2.48 bits per heavy atom. The van der Waals surface area contributed by atoms with Crippen molar-refractivity contribution in [1.29, 1.82) is 5.26 Å². The van der Waals surface area contributed by atoms with E-state index in [1.807, 2.05) is 4.90 Å². The van der Waals surface area contributed by atoms with Crippen LogP contribution in [0.15, 0.2) is 34.9 Å². The Morgan fingerprint density at radius 2 is 1.94 bits per heavy atom. The first-order valence-electron chi connectivity index (χ1n) is 10.5. The molecule has 2 saturated heterocycles. The molecule has 2 aromatic rings. The van der Waals surface area contributed by atoms with Crippen LogP contribution in [-0.2, 0) is 11.0 Å². The van der Waals surface area contributed by atoms with Crippen LogP contribution in [0.25, 0.3) is 0 Å². The van der Waals surface area contributed by atoms with E-state index in [2.05, 4.69) is 0 Å². The lowest BCUT2D eigenvalue weighted by molar-refractivity contribution is -0.137. The largest absolute Gasteiger partial charge is 0.469 e. The van der Waals surface area contributed by atoms with Crippen molar-refractivity contribution in [2.75, 3.05) is 31.1 Å². The van der Waals surface area contributed by atoms with Crippen LogP contribution in [0.2, 0.25) is 0 Å². The zero-order valence-corrected chi connectivity index (χ0v) is 18.0. The molecule has 1 aromatic carbocycles. The second kappa shape index (κ2) is 8.14. The summed E-state index contributed by atoms with van der Waals surface area (Å²) in [6.07, 6.45) is -2.20. The van der Waals surface area contributed by atoms with Gasteiger partial charge < -0.3 is 20.0 Å². The van der Waals surface area contributed by atoms with E-state index in [0.717, 1.165) is 6.07 Å². The van der Waals surface area contributed by atoms with E-state index in [1.54, 1.807) is 24.0 Å². The maximum Gasteiger partial charge on any atom is 0.417 e. The maximum absolute atomic E-state index is 13.4. The Balaban J connectivity index is 1.54. The van der Waals surface area contributed by atoms with Crippen molar-refractivity contribution >= 4 is 17.5 Å². The third kappa shape index (κ3) is 4.03. The molecule has 174 valence electrons. The summed E-state index contributed by atoms with van der Waals surface area (Å²) in [4.78, 5) is 28.7. The number of halogens is 3. The number of amides is 2. The summed E-state index contributed by atoms with van der Waals surface area (Å²) >= 11 is 0. The summed E-state index contributed by atoms with van der Waals surface area (Å²) in [5, 5.41) is 9.01. The molecule has 0 radical (unpaired) electrons. The predicted octanol–water partition coefficient (Wildman–Crippen LogP) is 3.32. The van der Waals surface area contributed by atoms with Crippen LogP contribution in [0.4, 0.5) is 18.9 Å². The standard InChI is InChI=1S/C23H23F3N4O3/c1-14-17(4-9-33-14)21(32)30-12-19(20(28)31)22(13-30)5-7-29(8-6-22)16-3-2-15(11-27)18(10-16)23(24,25)26/h2-4,9-10,19H,5-8,12-13H2,1H3,(H2,28,31). The fourth-order valence-corrected chi connectivity index (χ4v) is 5.07. The quantitative estimate of drug-likeness (QED) is 0.757. The Labute approximate surface area is 188 Å². The van der Waals surface area contributed by atoms with Gasteiger partial charge in [-0.2, -0.15) is 18.4 Å². The number of carbonyl (C=O) groups excluding carboxylic acids is 2. The van der Waals surface area contributed by atoms with E-state index in [9.17, 15) is 22.8 Å². The number of hydrogen-bond acceptors (Lipinski definition) is 5. The monoisotopic (exact) mass is 460 g/mol. The van der Waals surface area contributed by atoms with Gasteiger partial charge in [-0.25, -0.2) is 0 Å². The van der Waals surface area contributed by atoms with Gasteiger partial charge in [0.15, 0.2) is 0 Å². The van der Waals surface area contributed by atoms with E-state index in [-0.39, 0.29) is 12.5 Å². The molecule has 2 N–H and O–H groups in total. The van der Waals surface area contributed by atoms with E-state index in [0.29, 0.717) is 49.5 Å². The number of furan rings is 1. The number of aryl methyl sites for hydroxylation is 1. The first-order chi connectivity index (χ1) is 15.6. The van der Waals surface area contributed by atoms with Crippen molar-refractivity contribution < 1.29 is 27.2 Å². The lowest BCUT2D eigenvalue weighted by Crippen LogP contribution is -2.47. The number of benzene rings is 1. The van der Waals surface area contributed by atoms with Crippen molar-refractivity contribution in [3.8, 4) is 6.07 Å². The zero-order valence-electron chi connectivity index (χ0n) is 18.0. The SMILES string of the molecule is Cc1occc1C(=O)N1CC(C(N)=O)C2(CCN(c3ccc(C#N)c(C(F)(F)F)c3)CC2)C1. The third-order valence-corrected chi connectivity index (χ3v) is 6.92. The summed E-state index contributed by atoms with van der Waals surface area (Å²) in [5.41, 5.74) is 4.58. The van der Waals surface area contributed by atoms with Crippen LogP contribution in [0.3, 0.4) is 0 Å². The molecule has 0 saturated carbocycles. The van der Waals surface area contributed by atoms with Crippen LogP contribution in [0, 0.1) is 29.6 Å². The number of carbonyl (C=O) groups is 2. The van der Waals surface area contributed by atoms with Crippen LogP contribution < -0.4 is 10.6 Å². The van der Waals surface area contributed by atoms with E-state index < -0.39 is 34.5 Å². The Bertz CT molecular complexity index is 1130. The number of anilines is 1. The molecule has 2 aliphatic heterocycles. The molecule has 4 rings (SSSR count). The average Bonchev–Trinajstić information content (AvgIpc) is 3.37. The molecule has 2 fully saturated rings. The highest BCUT2D eigenvalue weighted by atomic mass is 19.4. The number of piperidine rings is 1. The molecule has 1 unspecified atom stereocenters. The van der Waals surface area contributed by atoms with Crippen molar-refractivity contribution in [3.63, 3.8) is 0 Å². The van der Waals surface area contributed by atoms with Gasteiger partial charge in [-0.1, -0.05) is 0 Å². The van der Waals surface area contributed by atoms with Crippen LogP contribution >= 0.6 is 0 Å². The second-order valence-corrected chi connectivity index (χ2v) is 8.72. The van der Waals surface area contributed by atoms with E-state index in [4.69, 9.17) is 15.4 Å². The van der Waals surface area contributed by atoms with Gasteiger partial charge in [0, 0.05) is 37.3 Å². The van der Waals surface area contributed by atoms with E-state index >= 15 is 0 Å². The Kier molecular flexibility index (Phi) is 5.60. The topological polar surface area (TPSA) is 104 Å². The fourth-order valence-electron chi connectivity index (χ4n) is 5.07. The fraction of sp³-hybridized carbons (Fsp3) is 0.435. The molecule has 2 amide bonds. The molecule has 1 spiro atoms. The number of primary amides is 1. The van der Waals surface area contributed by atoms with Crippen molar-refractivity contribution in [1.82, 2.24) is 4.90 Å². The predicted molar refractivity (Wildman–Crippen MR) is 112 cm³/mol. The smallest absolute Gasteiger partial charge is 0.417 e. The summed E-state index contributed by atoms with van der Waals surface area (Å²) in [5.74, 6) is -0.760. The number of nitriles is 1. The minimum Gasteiger partial charge on any atom is -0.469 e. The highest BCUT2D eigenvalue weighted by molar-refractivity contribution is 5.96. The zero-order chi connectivity index (χ0) is 24.0. The molecule has 3 heterocycles. The minimum absolute atomic E-state index is 0.202. The number of nitrogens with zero attached hydrogens (tertiary/aromatic N) is 3. The molecular weight excluding hydrogens is 437 g/mol. The number of hydrogen-bond donors (Lipinski definition) is 1. The van der Waals surface area contributed by atoms with Gasteiger partial charge in [-0.05, 0) is 44.0 Å². The van der Waals surface area contributed by atoms with Gasteiger partial charge in [0.1, 0.15) is 5.76 Å². The first-order valence-corrected chi connectivity index (χ1v) is 10.5. The first kappa shape index (κ1) is 22.7. The van der Waals surface area contributed by atoms with Gasteiger partial charge >= 0.3 is 6.18 Å². The highest BCUT2D eigenvalue weighted by Gasteiger charge is 2.52. The highest BCUT2D eigenvalue weighted by Crippen LogP contribution is 2.46. The summed E-state index contributed by atoms with van der Waals surface area (Å²) in [6, 6.07) is 6.85. The molecule has 2 aliphatic rings. The van der Waals surface area contributed by atoms with Crippen molar-refractivity contribution in [2.45, 2.75) is 25.9 Å². The molecule has 1 aromatic heterocycles. The number of alkyl halides is 3. The molecule has 0 bridgehead atoms. The van der Waals surface area contributed by atoms with Gasteiger partial charge in [0.2, 0.25) is 5.91 Å². The van der Waals surface area contributed by atoms with Gasteiger partial charge in [0.05, 0.1) is 34.9 Å². The van der Waals surface area contributed by atoms with E-state index in [1.165, 1.54) is 18.4 Å². The third-order valence-electron chi connectivity index (χ3n) is 6.92. The Morgan fingerprint density at radius 1 is 1.24 bits per heavy atom. The van der Waals surface area contributed by atoms with Gasteiger partial charge in [0.25, 0.3) is 5.91 Å². The lowest BCUT2D eigenvalue weighted by atomic mass is 9.70. The average molecular weight is 460 g/mol. The van der Waals surface area contributed by atoms with Crippen LogP contribution in [0.1, 0.15) is 40.1 Å². The molecule has 33 heavy (non-hydrogen) atoms. The van der Waals surface area contributed by atoms with Crippen molar-refractivity contribution in [3.05, 3.63) is 53.0 Å².